The summed E-state index contributed by atoms with van der Waals surface area (Å²) < 4.78 is 12.7. The highest BCUT2D eigenvalue weighted by atomic mass is 79.9. The van der Waals surface area contributed by atoms with Crippen LogP contribution in [0.15, 0.2) is 40.2 Å². The second-order valence-electron chi connectivity index (χ2n) is 5.55. The molecule has 0 fully saturated rings. The predicted octanol–water partition coefficient (Wildman–Crippen LogP) is 5.46. The molecule has 0 aliphatic carbocycles. The van der Waals surface area contributed by atoms with Gasteiger partial charge in [-0.05, 0) is 59.3 Å². The SMILES string of the molecule is COc1ccc(C(O[Si](C)(C)C)c2cc(Br)cs2)cc1. The summed E-state index contributed by atoms with van der Waals surface area (Å²) in [6.07, 6.45) is 0.00359. The maximum absolute atomic E-state index is 6.38. The van der Waals surface area contributed by atoms with E-state index in [1.807, 2.05) is 12.1 Å². The molecule has 0 radical (unpaired) electrons. The van der Waals surface area contributed by atoms with Crippen LogP contribution in [0.5, 0.6) is 5.75 Å². The Morgan fingerprint density at radius 3 is 2.25 bits per heavy atom. The Bertz CT molecular complexity index is 560. The van der Waals surface area contributed by atoms with Crippen LogP contribution in [-0.4, -0.2) is 15.4 Å². The van der Waals surface area contributed by atoms with E-state index in [-0.39, 0.29) is 6.10 Å². The zero-order valence-electron chi connectivity index (χ0n) is 12.1. The summed E-state index contributed by atoms with van der Waals surface area (Å²) in [6, 6.07) is 10.3. The molecule has 5 heteroatoms. The molecule has 1 heterocycles. The molecule has 0 saturated heterocycles. The lowest BCUT2D eigenvalue weighted by Crippen LogP contribution is -2.28. The van der Waals surface area contributed by atoms with Crippen LogP contribution >= 0.6 is 27.3 Å². The lowest BCUT2D eigenvalue weighted by Gasteiger charge is -2.26. The molecule has 0 aliphatic rings. The maximum Gasteiger partial charge on any atom is 0.185 e. The normalized spacial score (nSPS) is 13.2. The van der Waals surface area contributed by atoms with Crippen molar-refractivity contribution in [3.63, 3.8) is 0 Å². The molecule has 0 spiro atoms. The fourth-order valence-electron chi connectivity index (χ4n) is 1.89. The van der Waals surface area contributed by atoms with Crippen molar-refractivity contribution in [1.29, 1.82) is 0 Å². The molecule has 2 nitrogen and oxygen atoms in total. The van der Waals surface area contributed by atoms with E-state index < -0.39 is 8.32 Å². The molecule has 0 N–H and O–H groups in total. The number of halogens is 1. The van der Waals surface area contributed by atoms with Gasteiger partial charge in [0.2, 0.25) is 0 Å². The lowest BCUT2D eigenvalue weighted by atomic mass is 10.1. The summed E-state index contributed by atoms with van der Waals surface area (Å²) in [4.78, 5) is 1.23. The van der Waals surface area contributed by atoms with E-state index >= 15 is 0 Å². The van der Waals surface area contributed by atoms with Gasteiger partial charge in [0.25, 0.3) is 0 Å². The molecule has 0 bridgehead atoms. The van der Waals surface area contributed by atoms with Gasteiger partial charge in [-0.15, -0.1) is 11.3 Å². The zero-order chi connectivity index (χ0) is 14.8. The largest absolute Gasteiger partial charge is 0.497 e. The van der Waals surface area contributed by atoms with E-state index in [9.17, 15) is 0 Å². The van der Waals surface area contributed by atoms with Gasteiger partial charge < -0.3 is 9.16 Å². The van der Waals surface area contributed by atoms with E-state index in [1.165, 1.54) is 10.4 Å². The van der Waals surface area contributed by atoms with Crippen molar-refractivity contribution in [2.75, 3.05) is 7.11 Å². The summed E-state index contributed by atoms with van der Waals surface area (Å²) in [5.74, 6) is 0.868. The van der Waals surface area contributed by atoms with E-state index in [1.54, 1.807) is 18.4 Å². The minimum atomic E-state index is -1.64. The number of hydrogen-bond acceptors (Lipinski definition) is 3. The molecule has 1 unspecified atom stereocenters. The van der Waals surface area contributed by atoms with Crippen LogP contribution in [0.25, 0.3) is 0 Å². The van der Waals surface area contributed by atoms with Crippen molar-refractivity contribution < 1.29 is 9.16 Å². The monoisotopic (exact) mass is 370 g/mol. The van der Waals surface area contributed by atoms with Crippen LogP contribution < -0.4 is 4.74 Å². The standard InChI is InChI=1S/C15H19BrO2SSi/c1-17-13-7-5-11(6-8-13)15(18-20(2,3)4)14-9-12(16)10-19-14/h5-10,15H,1-4H3. The summed E-state index contributed by atoms with van der Waals surface area (Å²) >= 11 is 5.24. The van der Waals surface area contributed by atoms with Crippen molar-refractivity contribution >= 4 is 35.6 Å². The van der Waals surface area contributed by atoms with E-state index in [0.717, 1.165) is 10.2 Å². The van der Waals surface area contributed by atoms with Gasteiger partial charge in [0.1, 0.15) is 11.9 Å². The van der Waals surface area contributed by atoms with E-state index in [0.29, 0.717) is 0 Å². The molecular formula is C15H19BrO2SSi. The predicted molar refractivity (Wildman–Crippen MR) is 91.3 cm³/mol. The van der Waals surface area contributed by atoms with Gasteiger partial charge in [-0.25, -0.2) is 0 Å². The Balaban J connectivity index is 2.34. The van der Waals surface area contributed by atoms with Crippen LogP contribution in [0.4, 0.5) is 0 Å². The van der Waals surface area contributed by atoms with Gasteiger partial charge in [-0.3, -0.25) is 0 Å². The van der Waals surface area contributed by atoms with Crippen molar-refractivity contribution in [2.45, 2.75) is 25.7 Å². The second-order valence-corrected chi connectivity index (χ2v) is 11.9. The first kappa shape index (κ1) is 15.8. The highest BCUT2D eigenvalue weighted by Crippen LogP contribution is 2.35. The van der Waals surface area contributed by atoms with Gasteiger partial charge in [0, 0.05) is 14.7 Å². The fraction of sp³-hybridized carbons (Fsp3) is 0.333. The lowest BCUT2D eigenvalue weighted by molar-refractivity contribution is 0.243. The first-order valence-corrected chi connectivity index (χ1v) is 11.5. The van der Waals surface area contributed by atoms with Gasteiger partial charge in [-0.2, -0.15) is 0 Å². The van der Waals surface area contributed by atoms with Crippen LogP contribution in [0, 0.1) is 0 Å². The molecule has 0 saturated carbocycles. The Kier molecular flexibility index (Phi) is 5.07. The topological polar surface area (TPSA) is 18.5 Å². The van der Waals surface area contributed by atoms with Crippen LogP contribution in [0.1, 0.15) is 16.5 Å². The van der Waals surface area contributed by atoms with Crippen molar-refractivity contribution in [3.05, 3.63) is 50.6 Å². The minimum Gasteiger partial charge on any atom is -0.497 e. The Morgan fingerprint density at radius 2 is 1.80 bits per heavy atom. The first-order chi connectivity index (χ1) is 9.39. The van der Waals surface area contributed by atoms with Crippen LogP contribution in [0.3, 0.4) is 0 Å². The van der Waals surface area contributed by atoms with Gasteiger partial charge in [0.15, 0.2) is 8.32 Å². The molecule has 108 valence electrons. The van der Waals surface area contributed by atoms with Crippen molar-refractivity contribution in [1.82, 2.24) is 0 Å². The fourth-order valence-corrected chi connectivity index (χ4v) is 4.44. The number of methoxy groups -OCH3 is 1. The Hall–Kier alpha value is -0.623. The van der Waals surface area contributed by atoms with Crippen LogP contribution in [-0.2, 0) is 4.43 Å². The molecule has 1 aromatic carbocycles. The van der Waals surface area contributed by atoms with Gasteiger partial charge in [-0.1, -0.05) is 12.1 Å². The molecule has 20 heavy (non-hydrogen) atoms. The zero-order valence-corrected chi connectivity index (χ0v) is 15.5. The number of rotatable bonds is 5. The first-order valence-electron chi connectivity index (χ1n) is 6.45. The number of ether oxygens (including phenoxy) is 1. The average molecular weight is 371 g/mol. The summed E-state index contributed by atoms with van der Waals surface area (Å²) in [5, 5.41) is 2.10. The van der Waals surface area contributed by atoms with Crippen LogP contribution in [0.2, 0.25) is 19.6 Å². The molecule has 1 atom stereocenters. The average Bonchev–Trinajstić information content (AvgIpc) is 2.82. The quantitative estimate of drug-likeness (QED) is 0.650. The highest BCUT2D eigenvalue weighted by Gasteiger charge is 2.25. The Labute approximate surface area is 134 Å². The third kappa shape index (κ3) is 4.18. The third-order valence-electron chi connectivity index (χ3n) is 2.74. The third-order valence-corrected chi connectivity index (χ3v) is 5.42. The molecule has 2 aromatic rings. The number of hydrogen-bond donors (Lipinski definition) is 0. The van der Waals surface area contributed by atoms with Crippen molar-refractivity contribution in [3.8, 4) is 5.75 Å². The molecule has 1 aromatic heterocycles. The number of thiophene rings is 1. The summed E-state index contributed by atoms with van der Waals surface area (Å²) in [6.45, 7) is 6.64. The molecule has 0 amide bonds. The Morgan fingerprint density at radius 1 is 1.15 bits per heavy atom. The summed E-state index contributed by atoms with van der Waals surface area (Å²) in [7, 11) is 0.0436. The van der Waals surface area contributed by atoms with Gasteiger partial charge >= 0.3 is 0 Å². The van der Waals surface area contributed by atoms with Gasteiger partial charge in [0.05, 0.1) is 7.11 Å². The summed E-state index contributed by atoms with van der Waals surface area (Å²) in [5.41, 5.74) is 1.17. The molecule has 2 rings (SSSR count). The maximum atomic E-state index is 6.38. The van der Waals surface area contributed by atoms with Crippen molar-refractivity contribution in [2.24, 2.45) is 0 Å². The van der Waals surface area contributed by atoms with E-state index in [4.69, 9.17) is 9.16 Å². The highest BCUT2D eigenvalue weighted by molar-refractivity contribution is 9.10. The second kappa shape index (κ2) is 6.43. The number of benzene rings is 1. The minimum absolute atomic E-state index is 0.00359. The molecular weight excluding hydrogens is 352 g/mol. The van der Waals surface area contributed by atoms with E-state index in [2.05, 4.69) is 59.2 Å². The molecule has 0 aliphatic heterocycles. The smallest absolute Gasteiger partial charge is 0.185 e.